The lowest BCUT2D eigenvalue weighted by atomic mass is 9.92. The highest BCUT2D eigenvalue weighted by Crippen LogP contribution is 2.38. The molecule has 0 aliphatic carbocycles. The average molecular weight is 445 g/mol. The van der Waals surface area contributed by atoms with Crippen LogP contribution >= 0.6 is 0 Å². The fourth-order valence-electron chi connectivity index (χ4n) is 4.68. The van der Waals surface area contributed by atoms with Gasteiger partial charge in [0.15, 0.2) is 12.5 Å². The van der Waals surface area contributed by atoms with E-state index in [-0.39, 0.29) is 6.61 Å². The minimum Gasteiger partial charge on any atom is -0.387 e. The summed E-state index contributed by atoms with van der Waals surface area (Å²) in [5.74, 6) is 0. The minimum absolute atomic E-state index is 0.241. The molecule has 172 valence electrons. The summed E-state index contributed by atoms with van der Waals surface area (Å²) in [4.78, 5) is 28.8. The number of aromatic nitrogens is 2. The van der Waals surface area contributed by atoms with Crippen molar-refractivity contribution in [2.45, 2.75) is 43.8 Å². The maximum atomic E-state index is 12.5. The van der Waals surface area contributed by atoms with Crippen molar-refractivity contribution in [3.05, 3.63) is 68.5 Å². The SMILES string of the molecule is Cc1cn([C@@H]2O[C@@H]3COC(c4ccccc4)O[C@H]3[C@@H](N3CCOCC3)[C@@H]2O)c(=O)[nH]c1=O. The number of fused-ring (bicyclic) bond motifs is 1. The number of H-pyrrole nitrogens is 1. The molecule has 32 heavy (non-hydrogen) atoms. The maximum absolute atomic E-state index is 12.5. The van der Waals surface area contributed by atoms with Crippen LogP contribution in [0.15, 0.2) is 46.1 Å². The number of aliphatic hydroxyl groups is 1. The minimum atomic E-state index is -1.08. The van der Waals surface area contributed by atoms with Gasteiger partial charge in [0.05, 0.1) is 25.9 Å². The van der Waals surface area contributed by atoms with E-state index < -0.39 is 48.1 Å². The van der Waals surface area contributed by atoms with Gasteiger partial charge in [0.2, 0.25) is 0 Å². The lowest BCUT2D eigenvalue weighted by Gasteiger charge is -2.52. The third-order valence-electron chi connectivity index (χ3n) is 6.31. The highest BCUT2D eigenvalue weighted by molar-refractivity contribution is 5.17. The monoisotopic (exact) mass is 445 g/mol. The van der Waals surface area contributed by atoms with Crippen LogP contribution in [0.3, 0.4) is 0 Å². The van der Waals surface area contributed by atoms with Crippen molar-refractivity contribution < 1.29 is 24.1 Å². The largest absolute Gasteiger partial charge is 0.387 e. The molecule has 1 unspecified atom stereocenters. The Morgan fingerprint density at radius 1 is 1.09 bits per heavy atom. The van der Waals surface area contributed by atoms with E-state index in [4.69, 9.17) is 18.9 Å². The number of nitrogens with zero attached hydrogens (tertiary/aromatic N) is 2. The molecule has 3 saturated heterocycles. The molecular weight excluding hydrogens is 418 g/mol. The van der Waals surface area contributed by atoms with Crippen molar-refractivity contribution in [3.8, 4) is 0 Å². The van der Waals surface area contributed by atoms with Crippen molar-refractivity contribution in [1.29, 1.82) is 0 Å². The van der Waals surface area contributed by atoms with E-state index in [1.807, 2.05) is 30.3 Å². The predicted molar refractivity (Wildman–Crippen MR) is 112 cm³/mol. The van der Waals surface area contributed by atoms with Gasteiger partial charge in [-0.1, -0.05) is 30.3 Å². The number of aromatic amines is 1. The summed E-state index contributed by atoms with van der Waals surface area (Å²) in [6.07, 6.45) is -2.21. The smallest absolute Gasteiger partial charge is 0.330 e. The lowest BCUT2D eigenvalue weighted by Crippen LogP contribution is -2.67. The molecule has 4 heterocycles. The molecular formula is C22H27N3O7. The Morgan fingerprint density at radius 2 is 1.84 bits per heavy atom. The Hall–Kier alpha value is -2.34. The quantitative estimate of drug-likeness (QED) is 0.674. The van der Waals surface area contributed by atoms with Crippen LogP contribution in [0.1, 0.15) is 23.6 Å². The van der Waals surface area contributed by atoms with Crippen LogP contribution < -0.4 is 11.2 Å². The first-order valence-electron chi connectivity index (χ1n) is 10.8. The molecule has 3 fully saturated rings. The summed E-state index contributed by atoms with van der Waals surface area (Å²) in [5, 5.41) is 11.4. The first kappa shape index (κ1) is 21.5. The molecule has 2 N–H and O–H groups in total. The van der Waals surface area contributed by atoms with Crippen LogP contribution in [-0.2, 0) is 18.9 Å². The number of benzene rings is 1. The Morgan fingerprint density at radius 3 is 2.59 bits per heavy atom. The van der Waals surface area contributed by atoms with E-state index in [9.17, 15) is 14.7 Å². The van der Waals surface area contributed by atoms with E-state index in [1.54, 1.807) is 6.92 Å². The van der Waals surface area contributed by atoms with Crippen LogP contribution in [0.4, 0.5) is 0 Å². The molecule has 0 spiro atoms. The Kier molecular flexibility index (Phi) is 5.97. The van der Waals surface area contributed by atoms with Crippen LogP contribution in [0.2, 0.25) is 0 Å². The molecule has 1 aromatic carbocycles. The molecule has 6 atom stereocenters. The maximum Gasteiger partial charge on any atom is 0.330 e. The number of nitrogens with one attached hydrogen (secondary N) is 1. The summed E-state index contributed by atoms with van der Waals surface area (Å²) in [6.45, 7) is 4.18. The zero-order valence-corrected chi connectivity index (χ0v) is 17.8. The molecule has 0 saturated carbocycles. The molecule has 0 amide bonds. The predicted octanol–water partition coefficient (Wildman–Crippen LogP) is -0.0817. The number of ether oxygens (including phenoxy) is 4. The van der Waals surface area contributed by atoms with Gasteiger partial charge in [0.1, 0.15) is 18.3 Å². The van der Waals surface area contributed by atoms with Gasteiger partial charge >= 0.3 is 5.69 Å². The van der Waals surface area contributed by atoms with Gasteiger partial charge in [-0.05, 0) is 6.92 Å². The van der Waals surface area contributed by atoms with E-state index in [0.717, 1.165) is 5.56 Å². The van der Waals surface area contributed by atoms with Gasteiger partial charge in [-0.3, -0.25) is 19.2 Å². The number of hydrogen-bond acceptors (Lipinski definition) is 8. The van der Waals surface area contributed by atoms with Crippen LogP contribution in [-0.4, -0.2) is 76.8 Å². The Labute approximate surface area is 184 Å². The number of hydrogen-bond donors (Lipinski definition) is 2. The Balaban J connectivity index is 1.49. The van der Waals surface area contributed by atoms with Crippen molar-refractivity contribution >= 4 is 0 Å². The molecule has 3 aliphatic rings. The van der Waals surface area contributed by atoms with Crippen molar-refractivity contribution in [3.63, 3.8) is 0 Å². The van der Waals surface area contributed by atoms with Gasteiger partial charge in [0.25, 0.3) is 5.56 Å². The van der Waals surface area contributed by atoms with Crippen LogP contribution in [0.25, 0.3) is 0 Å². The first-order chi connectivity index (χ1) is 15.5. The number of aryl methyl sites for hydroxylation is 1. The number of morpholine rings is 1. The highest BCUT2D eigenvalue weighted by Gasteiger charge is 2.52. The summed E-state index contributed by atoms with van der Waals surface area (Å²) >= 11 is 0. The third kappa shape index (κ3) is 3.94. The summed E-state index contributed by atoms with van der Waals surface area (Å²) in [7, 11) is 0. The summed E-state index contributed by atoms with van der Waals surface area (Å²) < 4.78 is 25.2. The van der Waals surface area contributed by atoms with E-state index in [2.05, 4.69) is 9.88 Å². The second-order valence-corrected chi connectivity index (χ2v) is 8.35. The van der Waals surface area contributed by atoms with Gasteiger partial charge in [0, 0.05) is 30.4 Å². The molecule has 1 aromatic heterocycles. The van der Waals surface area contributed by atoms with Gasteiger partial charge in [-0.2, -0.15) is 0 Å². The zero-order valence-electron chi connectivity index (χ0n) is 17.8. The third-order valence-corrected chi connectivity index (χ3v) is 6.31. The van der Waals surface area contributed by atoms with E-state index in [0.29, 0.717) is 31.9 Å². The zero-order chi connectivity index (χ0) is 22.2. The highest BCUT2D eigenvalue weighted by atomic mass is 16.7. The van der Waals surface area contributed by atoms with E-state index >= 15 is 0 Å². The summed E-state index contributed by atoms with van der Waals surface area (Å²) in [6, 6.07) is 9.17. The topological polar surface area (TPSA) is 115 Å². The second kappa shape index (κ2) is 8.89. The van der Waals surface area contributed by atoms with E-state index in [1.165, 1.54) is 10.8 Å². The van der Waals surface area contributed by atoms with Crippen molar-refractivity contribution in [1.82, 2.24) is 14.5 Å². The fraction of sp³-hybridized carbons (Fsp3) is 0.545. The molecule has 2 aromatic rings. The van der Waals surface area contributed by atoms with Gasteiger partial charge in [-0.25, -0.2) is 4.79 Å². The molecule has 3 aliphatic heterocycles. The molecule has 5 rings (SSSR count). The molecule has 10 heteroatoms. The molecule has 10 nitrogen and oxygen atoms in total. The van der Waals surface area contributed by atoms with Crippen LogP contribution in [0, 0.1) is 6.92 Å². The molecule has 0 bridgehead atoms. The normalized spacial score (nSPS) is 33.6. The van der Waals surface area contributed by atoms with Gasteiger partial charge < -0.3 is 24.1 Å². The van der Waals surface area contributed by atoms with Crippen LogP contribution in [0.5, 0.6) is 0 Å². The van der Waals surface area contributed by atoms with Crippen molar-refractivity contribution in [2.24, 2.45) is 0 Å². The fourth-order valence-corrected chi connectivity index (χ4v) is 4.68. The second-order valence-electron chi connectivity index (χ2n) is 8.35. The van der Waals surface area contributed by atoms with Crippen molar-refractivity contribution in [2.75, 3.05) is 32.9 Å². The summed E-state index contributed by atoms with van der Waals surface area (Å²) in [5.41, 5.74) is 0.138. The number of aliphatic hydroxyl groups excluding tert-OH is 1. The van der Waals surface area contributed by atoms with Gasteiger partial charge in [-0.15, -0.1) is 0 Å². The Bertz CT molecular complexity index is 1050. The lowest BCUT2D eigenvalue weighted by molar-refractivity contribution is -0.332. The number of rotatable bonds is 3. The molecule has 0 radical (unpaired) electrons. The average Bonchev–Trinajstić information content (AvgIpc) is 2.82. The standard InChI is InChI=1S/C22H27N3O7/c1-13-11-25(22(28)23-19(13)27)20-17(26)16(24-7-9-29-10-8-24)18-15(31-20)12-30-21(32-18)14-5-3-2-4-6-14/h2-6,11,15-18,20-21,26H,7-10,12H2,1H3,(H,23,27,28)/t15-,16+,17+,18-,20-,21?/m1/s1. The first-order valence-corrected chi connectivity index (χ1v) is 10.8.